The van der Waals surface area contributed by atoms with Gasteiger partial charge in [0.05, 0.1) is 15.6 Å². The minimum atomic E-state index is -0.703. The lowest BCUT2D eigenvalue weighted by Crippen LogP contribution is -2.04. The summed E-state index contributed by atoms with van der Waals surface area (Å²) in [6, 6.07) is 10.3. The highest BCUT2D eigenvalue weighted by atomic mass is 35.5. The largest absolute Gasteiger partial charge is 0.502 e. The van der Waals surface area contributed by atoms with Gasteiger partial charge in [0.1, 0.15) is 12.2 Å². The number of hydrogen-bond acceptors (Lipinski definition) is 6. The van der Waals surface area contributed by atoms with E-state index >= 15 is 0 Å². The molecule has 0 bridgehead atoms. The first-order valence-electron chi connectivity index (χ1n) is 7.86. The van der Waals surface area contributed by atoms with Crippen molar-refractivity contribution in [3.63, 3.8) is 0 Å². The number of aromatic nitrogens is 2. The maximum Gasteiger partial charge on any atom is 0.311 e. The number of nitro benzene ring substituents is 1. The van der Waals surface area contributed by atoms with Crippen LogP contribution in [0.3, 0.4) is 0 Å². The standard InChI is InChI=1S/C18H12Cl2N4O4/c19-11-2-3-12(13(20)6-11)14-7-15(23-22-14)18(26)9-21-8-10-1-4-17(25)16(5-10)24(27)28/h1-8,25H,9H2,(H,22,23). The number of benzene rings is 2. The summed E-state index contributed by atoms with van der Waals surface area (Å²) in [5.74, 6) is -0.766. The molecule has 10 heteroatoms. The monoisotopic (exact) mass is 418 g/mol. The Balaban J connectivity index is 1.71. The Hall–Kier alpha value is -3.23. The van der Waals surface area contributed by atoms with E-state index in [1.807, 2.05) is 0 Å². The molecule has 28 heavy (non-hydrogen) atoms. The molecule has 0 aliphatic rings. The summed E-state index contributed by atoms with van der Waals surface area (Å²) in [6.45, 7) is -0.190. The van der Waals surface area contributed by atoms with Gasteiger partial charge in [-0.15, -0.1) is 0 Å². The highest BCUT2D eigenvalue weighted by Gasteiger charge is 2.14. The average Bonchev–Trinajstić information content (AvgIpc) is 3.12. The van der Waals surface area contributed by atoms with Crippen LogP contribution in [0, 0.1) is 10.1 Å². The molecule has 0 saturated heterocycles. The van der Waals surface area contributed by atoms with Crippen molar-refractivity contribution in [3.8, 4) is 17.0 Å². The summed E-state index contributed by atoms with van der Waals surface area (Å²) in [5, 5.41) is 27.9. The van der Waals surface area contributed by atoms with Gasteiger partial charge in [-0.1, -0.05) is 23.2 Å². The van der Waals surface area contributed by atoms with E-state index in [1.54, 1.807) is 24.3 Å². The fourth-order valence-corrected chi connectivity index (χ4v) is 2.89. The first-order valence-corrected chi connectivity index (χ1v) is 8.62. The molecule has 8 nitrogen and oxygen atoms in total. The van der Waals surface area contributed by atoms with Crippen molar-refractivity contribution in [1.29, 1.82) is 0 Å². The number of phenolic OH excluding ortho intramolecular Hbond substituents is 1. The second-order valence-corrected chi connectivity index (χ2v) is 6.53. The Labute approximate surface area is 168 Å². The third-order valence-electron chi connectivity index (χ3n) is 3.76. The minimum absolute atomic E-state index is 0.190. The second-order valence-electron chi connectivity index (χ2n) is 5.69. The number of aliphatic imine (C=N–C) groups is 1. The van der Waals surface area contributed by atoms with Crippen LogP contribution < -0.4 is 0 Å². The van der Waals surface area contributed by atoms with E-state index in [0.717, 1.165) is 0 Å². The Bertz CT molecular complexity index is 1090. The number of H-pyrrole nitrogens is 1. The summed E-state index contributed by atoms with van der Waals surface area (Å²) in [5.41, 5.74) is 1.31. The second kappa shape index (κ2) is 8.20. The summed E-state index contributed by atoms with van der Waals surface area (Å²) in [7, 11) is 0. The lowest BCUT2D eigenvalue weighted by atomic mass is 10.1. The highest BCUT2D eigenvalue weighted by molar-refractivity contribution is 6.36. The first kappa shape index (κ1) is 19.5. The van der Waals surface area contributed by atoms with E-state index in [4.69, 9.17) is 23.2 Å². The molecule has 1 heterocycles. The lowest BCUT2D eigenvalue weighted by Gasteiger charge is -2.00. The summed E-state index contributed by atoms with van der Waals surface area (Å²) < 4.78 is 0. The van der Waals surface area contributed by atoms with Crippen LogP contribution in [0.2, 0.25) is 10.0 Å². The van der Waals surface area contributed by atoms with Crippen molar-refractivity contribution in [1.82, 2.24) is 10.2 Å². The Kier molecular flexibility index (Phi) is 5.72. The fourth-order valence-electron chi connectivity index (χ4n) is 2.39. The van der Waals surface area contributed by atoms with Crippen LogP contribution in [0.25, 0.3) is 11.3 Å². The molecule has 2 aromatic carbocycles. The minimum Gasteiger partial charge on any atom is -0.502 e. The molecule has 3 aromatic rings. The van der Waals surface area contributed by atoms with Gasteiger partial charge in [0.25, 0.3) is 0 Å². The van der Waals surface area contributed by atoms with Crippen molar-refractivity contribution in [2.75, 3.05) is 6.54 Å². The van der Waals surface area contributed by atoms with Crippen molar-refractivity contribution in [3.05, 3.63) is 73.9 Å². The highest BCUT2D eigenvalue weighted by Crippen LogP contribution is 2.29. The van der Waals surface area contributed by atoms with Crippen LogP contribution in [-0.4, -0.2) is 38.8 Å². The predicted octanol–water partition coefficient (Wildman–Crippen LogP) is 4.30. The molecule has 0 radical (unpaired) electrons. The van der Waals surface area contributed by atoms with E-state index < -0.39 is 16.4 Å². The molecule has 0 aliphatic heterocycles. The number of nitro groups is 1. The van der Waals surface area contributed by atoms with Crippen molar-refractivity contribution in [2.45, 2.75) is 0 Å². The third-order valence-corrected chi connectivity index (χ3v) is 4.30. The van der Waals surface area contributed by atoms with Crippen LogP contribution in [0.5, 0.6) is 5.75 Å². The molecule has 0 fully saturated rings. The van der Waals surface area contributed by atoms with E-state index in [-0.39, 0.29) is 18.0 Å². The molecule has 3 rings (SSSR count). The van der Waals surface area contributed by atoms with Crippen LogP contribution in [-0.2, 0) is 0 Å². The van der Waals surface area contributed by atoms with Gasteiger partial charge in [-0.05, 0) is 42.0 Å². The SMILES string of the molecule is O=C(CN=Cc1ccc(O)c([N+](=O)[O-])c1)c1cc(-c2ccc(Cl)cc2Cl)n[nH]1. The zero-order valence-corrected chi connectivity index (χ0v) is 15.6. The number of rotatable bonds is 6. The zero-order chi connectivity index (χ0) is 20.3. The molecular weight excluding hydrogens is 407 g/mol. The molecule has 0 unspecified atom stereocenters. The van der Waals surface area contributed by atoms with Crippen LogP contribution in [0.4, 0.5) is 5.69 Å². The number of halogens is 2. The number of aromatic hydroxyl groups is 1. The van der Waals surface area contributed by atoms with Gasteiger partial charge in [0.15, 0.2) is 5.75 Å². The van der Waals surface area contributed by atoms with E-state index in [2.05, 4.69) is 15.2 Å². The molecule has 0 atom stereocenters. The molecule has 0 spiro atoms. The number of nitrogens with zero attached hydrogens (tertiary/aromatic N) is 3. The molecule has 2 N–H and O–H groups in total. The van der Waals surface area contributed by atoms with Crippen LogP contribution in [0.15, 0.2) is 47.5 Å². The number of hydrogen-bond donors (Lipinski definition) is 2. The van der Waals surface area contributed by atoms with Crippen molar-refractivity contribution in [2.24, 2.45) is 4.99 Å². The fraction of sp³-hybridized carbons (Fsp3) is 0.0556. The van der Waals surface area contributed by atoms with Crippen LogP contribution in [0.1, 0.15) is 16.1 Å². The summed E-state index contributed by atoms with van der Waals surface area (Å²) in [4.78, 5) is 26.4. The van der Waals surface area contributed by atoms with Crippen LogP contribution >= 0.6 is 23.2 Å². The Morgan fingerprint density at radius 2 is 2.04 bits per heavy atom. The molecule has 0 aliphatic carbocycles. The van der Waals surface area contributed by atoms with Gasteiger partial charge in [-0.25, -0.2) is 0 Å². The van der Waals surface area contributed by atoms with E-state index in [9.17, 15) is 20.0 Å². The number of aromatic amines is 1. The number of carbonyl (C=O) groups excluding carboxylic acids is 1. The molecule has 0 saturated carbocycles. The maximum absolute atomic E-state index is 12.3. The average molecular weight is 419 g/mol. The normalized spacial score (nSPS) is 11.1. The molecular formula is C18H12Cl2N4O4. The Morgan fingerprint density at radius 1 is 1.25 bits per heavy atom. The number of ketones is 1. The Morgan fingerprint density at radius 3 is 2.75 bits per heavy atom. The smallest absolute Gasteiger partial charge is 0.311 e. The quantitative estimate of drug-likeness (QED) is 0.267. The maximum atomic E-state index is 12.3. The van der Waals surface area contributed by atoms with Crippen molar-refractivity contribution >= 4 is 40.9 Å². The zero-order valence-electron chi connectivity index (χ0n) is 14.1. The van der Waals surface area contributed by atoms with Gasteiger partial charge in [-0.2, -0.15) is 5.10 Å². The van der Waals surface area contributed by atoms with Gasteiger partial charge in [0, 0.05) is 22.9 Å². The van der Waals surface area contributed by atoms with Gasteiger partial charge in [0.2, 0.25) is 5.78 Å². The molecule has 1 aromatic heterocycles. The number of carbonyl (C=O) groups is 1. The topological polar surface area (TPSA) is 121 Å². The number of Topliss-reactive ketones (excluding diaryl/α,β-unsaturated/α-hetero) is 1. The van der Waals surface area contributed by atoms with Gasteiger partial charge < -0.3 is 5.11 Å². The predicted molar refractivity (Wildman–Crippen MR) is 106 cm³/mol. The number of phenols is 1. The lowest BCUT2D eigenvalue weighted by molar-refractivity contribution is -0.385. The third kappa shape index (κ3) is 4.36. The van der Waals surface area contributed by atoms with E-state index in [0.29, 0.717) is 26.9 Å². The summed E-state index contributed by atoms with van der Waals surface area (Å²) in [6.07, 6.45) is 1.32. The van der Waals surface area contributed by atoms with E-state index in [1.165, 1.54) is 24.4 Å². The number of nitrogens with one attached hydrogen (secondary N) is 1. The molecule has 142 valence electrons. The molecule has 0 amide bonds. The first-order chi connectivity index (χ1) is 13.3. The van der Waals surface area contributed by atoms with Crippen molar-refractivity contribution < 1.29 is 14.8 Å². The van der Waals surface area contributed by atoms with Gasteiger partial charge in [-0.3, -0.25) is 25.0 Å². The van der Waals surface area contributed by atoms with Gasteiger partial charge >= 0.3 is 5.69 Å². The summed E-state index contributed by atoms with van der Waals surface area (Å²) >= 11 is 12.0.